The van der Waals surface area contributed by atoms with Gasteiger partial charge in [0.2, 0.25) is 10.0 Å². The van der Waals surface area contributed by atoms with Crippen LogP contribution in [0.1, 0.15) is 12.5 Å². The van der Waals surface area contributed by atoms with Gasteiger partial charge < -0.3 is 5.11 Å². The quantitative estimate of drug-likeness (QED) is 0.730. The normalized spacial score (nSPS) is 12.5. The Morgan fingerprint density at radius 2 is 2.14 bits per heavy atom. The number of hydrogen-bond donors (Lipinski definition) is 2. The van der Waals surface area contributed by atoms with Gasteiger partial charge in [0.05, 0.1) is 4.90 Å². The van der Waals surface area contributed by atoms with Gasteiger partial charge in [0.1, 0.15) is 12.4 Å². The standard InChI is InChI=1S/C13H16FNO4S2/c1-2-20(17)9-7-15-21(18,19)13-6-5-12(14)10-11(13)4-3-8-16/h5-6,10,15-16H,2,7-9H2,1H3. The van der Waals surface area contributed by atoms with Gasteiger partial charge in [-0.15, -0.1) is 0 Å². The average Bonchev–Trinajstić information content (AvgIpc) is 2.44. The first kappa shape index (κ1) is 17.8. The van der Waals surface area contributed by atoms with Gasteiger partial charge in [-0.25, -0.2) is 17.5 Å². The van der Waals surface area contributed by atoms with E-state index >= 15 is 0 Å². The van der Waals surface area contributed by atoms with Crippen LogP contribution < -0.4 is 4.72 Å². The van der Waals surface area contributed by atoms with Gasteiger partial charge in [0.15, 0.2) is 0 Å². The summed E-state index contributed by atoms with van der Waals surface area (Å²) < 4.78 is 51.0. The van der Waals surface area contributed by atoms with Crippen molar-refractivity contribution in [2.75, 3.05) is 24.7 Å². The van der Waals surface area contributed by atoms with Crippen LogP contribution in [0.3, 0.4) is 0 Å². The lowest BCUT2D eigenvalue weighted by molar-refractivity contribution is 0.350. The molecule has 21 heavy (non-hydrogen) atoms. The maximum absolute atomic E-state index is 13.2. The molecule has 0 aliphatic heterocycles. The van der Waals surface area contributed by atoms with Gasteiger partial charge in [-0.2, -0.15) is 0 Å². The second kappa shape index (κ2) is 8.24. The number of nitrogens with one attached hydrogen (secondary N) is 1. The largest absolute Gasteiger partial charge is 0.384 e. The van der Waals surface area contributed by atoms with Crippen LogP contribution in [-0.2, 0) is 20.8 Å². The third kappa shape index (κ3) is 5.55. The van der Waals surface area contributed by atoms with Crippen molar-refractivity contribution in [2.45, 2.75) is 11.8 Å². The van der Waals surface area contributed by atoms with Crippen LogP contribution in [0, 0.1) is 17.7 Å². The highest BCUT2D eigenvalue weighted by atomic mass is 32.2. The molecule has 1 aromatic rings. The van der Waals surface area contributed by atoms with Gasteiger partial charge in [0, 0.05) is 34.4 Å². The second-order valence-corrected chi connectivity index (χ2v) is 7.53. The van der Waals surface area contributed by atoms with E-state index in [1.54, 1.807) is 6.92 Å². The zero-order chi connectivity index (χ0) is 15.9. The average molecular weight is 333 g/mol. The first-order valence-corrected chi connectivity index (χ1v) is 9.11. The van der Waals surface area contributed by atoms with Gasteiger partial charge in [0.25, 0.3) is 0 Å². The topological polar surface area (TPSA) is 83.5 Å². The monoisotopic (exact) mass is 333 g/mol. The van der Waals surface area contributed by atoms with Crippen molar-refractivity contribution >= 4 is 20.8 Å². The minimum absolute atomic E-state index is 0.0209. The molecular weight excluding hydrogens is 317 g/mol. The molecule has 0 aromatic heterocycles. The number of aliphatic hydroxyl groups is 1. The highest BCUT2D eigenvalue weighted by Crippen LogP contribution is 2.16. The number of hydrogen-bond acceptors (Lipinski definition) is 4. The number of aliphatic hydroxyl groups excluding tert-OH is 1. The molecule has 1 aromatic carbocycles. The molecule has 8 heteroatoms. The Bertz CT molecular complexity index is 677. The smallest absolute Gasteiger partial charge is 0.241 e. The Kier molecular flexibility index (Phi) is 6.98. The summed E-state index contributed by atoms with van der Waals surface area (Å²) in [6, 6.07) is 3.11. The van der Waals surface area contributed by atoms with Crippen molar-refractivity contribution in [2.24, 2.45) is 0 Å². The molecule has 1 unspecified atom stereocenters. The molecule has 0 bridgehead atoms. The number of benzene rings is 1. The molecule has 5 nitrogen and oxygen atoms in total. The van der Waals surface area contributed by atoms with Crippen molar-refractivity contribution in [1.29, 1.82) is 0 Å². The summed E-state index contributed by atoms with van der Waals surface area (Å²) in [7, 11) is -4.96. The third-order valence-corrected chi connectivity index (χ3v) is 5.30. The SMILES string of the molecule is CCS(=O)CCNS(=O)(=O)c1ccc(F)cc1C#CCO. The van der Waals surface area contributed by atoms with E-state index in [1.807, 2.05) is 0 Å². The first-order valence-electron chi connectivity index (χ1n) is 6.14. The molecule has 2 N–H and O–H groups in total. The first-order chi connectivity index (χ1) is 9.90. The van der Waals surface area contributed by atoms with Crippen LogP contribution in [0.15, 0.2) is 23.1 Å². The van der Waals surface area contributed by atoms with E-state index in [2.05, 4.69) is 16.6 Å². The van der Waals surface area contributed by atoms with Crippen LogP contribution >= 0.6 is 0 Å². The lowest BCUT2D eigenvalue weighted by Crippen LogP contribution is -2.28. The molecule has 0 fully saturated rings. The van der Waals surface area contributed by atoms with Crippen molar-refractivity contribution in [1.82, 2.24) is 4.72 Å². The molecular formula is C13H16FNO4S2. The van der Waals surface area contributed by atoms with Gasteiger partial charge in [-0.3, -0.25) is 4.21 Å². The predicted molar refractivity (Wildman–Crippen MR) is 79.1 cm³/mol. The molecule has 1 rings (SSSR count). The summed E-state index contributed by atoms with van der Waals surface area (Å²) in [6.45, 7) is 1.30. The zero-order valence-corrected chi connectivity index (χ0v) is 13.1. The Hall–Kier alpha value is -1.27. The highest BCUT2D eigenvalue weighted by molar-refractivity contribution is 7.89. The fourth-order valence-corrected chi connectivity index (χ4v) is 3.40. The molecule has 0 radical (unpaired) electrons. The van der Waals surface area contributed by atoms with Crippen molar-refractivity contribution in [3.05, 3.63) is 29.6 Å². The second-order valence-electron chi connectivity index (χ2n) is 3.93. The van der Waals surface area contributed by atoms with E-state index in [1.165, 1.54) is 0 Å². The Labute approximate surface area is 126 Å². The molecule has 0 saturated heterocycles. The summed E-state index contributed by atoms with van der Waals surface area (Å²) in [5.74, 6) is 4.72. The van der Waals surface area contributed by atoms with Crippen LogP contribution in [0.5, 0.6) is 0 Å². The summed E-state index contributed by atoms with van der Waals surface area (Å²) in [5, 5.41) is 8.65. The maximum Gasteiger partial charge on any atom is 0.241 e. The number of halogens is 1. The lowest BCUT2D eigenvalue weighted by Gasteiger charge is -2.08. The molecule has 0 amide bonds. The maximum atomic E-state index is 13.2. The molecule has 1 atom stereocenters. The third-order valence-electron chi connectivity index (χ3n) is 2.48. The Morgan fingerprint density at radius 3 is 2.76 bits per heavy atom. The van der Waals surface area contributed by atoms with E-state index in [4.69, 9.17) is 5.11 Å². The molecule has 0 heterocycles. The molecule has 0 spiro atoms. The van der Waals surface area contributed by atoms with Crippen LogP contribution in [0.25, 0.3) is 0 Å². The van der Waals surface area contributed by atoms with Crippen LogP contribution in [0.2, 0.25) is 0 Å². The van der Waals surface area contributed by atoms with E-state index in [0.717, 1.165) is 18.2 Å². The fraction of sp³-hybridized carbons (Fsp3) is 0.385. The summed E-state index contributed by atoms with van der Waals surface area (Å²) in [4.78, 5) is -0.174. The van der Waals surface area contributed by atoms with Gasteiger partial charge in [-0.1, -0.05) is 18.8 Å². The van der Waals surface area contributed by atoms with Crippen molar-refractivity contribution in [3.8, 4) is 11.8 Å². The minimum atomic E-state index is -3.88. The van der Waals surface area contributed by atoms with Crippen LogP contribution in [-0.4, -0.2) is 42.4 Å². The van der Waals surface area contributed by atoms with Gasteiger partial charge >= 0.3 is 0 Å². The van der Waals surface area contributed by atoms with Crippen molar-refractivity contribution in [3.63, 3.8) is 0 Å². The van der Waals surface area contributed by atoms with E-state index in [0.29, 0.717) is 5.75 Å². The molecule has 0 aliphatic rings. The Morgan fingerprint density at radius 1 is 1.43 bits per heavy atom. The van der Waals surface area contributed by atoms with Crippen LogP contribution in [0.4, 0.5) is 4.39 Å². The summed E-state index contributed by atoms with van der Waals surface area (Å²) in [6.07, 6.45) is 0. The lowest BCUT2D eigenvalue weighted by atomic mass is 10.2. The molecule has 0 saturated carbocycles. The van der Waals surface area contributed by atoms with E-state index in [-0.39, 0.29) is 22.8 Å². The Balaban J connectivity index is 2.99. The molecule has 0 aliphatic carbocycles. The number of rotatable bonds is 6. The molecule has 116 valence electrons. The van der Waals surface area contributed by atoms with E-state index < -0.39 is 33.2 Å². The summed E-state index contributed by atoms with van der Waals surface area (Å²) in [5.41, 5.74) is -0.0341. The van der Waals surface area contributed by atoms with Gasteiger partial charge in [-0.05, 0) is 18.2 Å². The fourth-order valence-electron chi connectivity index (χ4n) is 1.48. The van der Waals surface area contributed by atoms with E-state index in [9.17, 15) is 17.0 Å². The summed E-state index contributed by atoms with van der Waals surface area (Å²) >= 11 is 0. The number of sulfonamides is 1. The predicted octanol–water partition coefficient (Wildman–Crippen LogP) is 0.216. The highest BCUT2D eigenvalue weighted by Gasteiger charge is 2.18. The van der Waals surface area contributed by atoms with Crippen molar-refractivity contribution < 1.29 is 22.1 Å². The minimum Gasteiger partial charge on any atom is -0.384 e. The zero-order valence-electron chi connectivity index (χ0n) is 11.4.